The first-order chi connectivity index (χ1) is 13.5. The molecule has 0 saturated heterocycles. The first kappa shape index (κ1) is 20.5. The van der Waals surface area contributed by atoms with Crippen LogP contribution < -0.4 is 0 Å². The molecule has 29 heavy (non-hydrogen) atoms. The van der Waals surface area contributed by atoms with Gasteiger partial charge < -0.3 is 5.11 Å². The third-order valence-corrected chi connectivity index (χ3v) is 3.91. The van der Waals surface area contributed by atoms with Gasteiger partial charge in [-0.05, 0) is 29.3 Å². The van der Waals surface area contributed by atoms with Crippen molar-refractivity contribution in [2.24, 2.45) is 0 Å². The summed E-state index contributed by atoms with van der Waals surface area (Å²) in [6.07, 6.45) is 0. The summed E-state index contributed by atoms with van der Waals surface area (Å²) < 4.78 is 136. The van der Waals surface area contributed by atoms with Crippen LogP contribution in [0.2, 0.25) is 0 Å². The van der Waals surface area contributed by atoms with Crippen molar-refractivity contribution in [1.82, 2.24) is 0 Å². The highest BCUT2D eigenvalue weighted by atomic mass is 19.2. The van der Waals surface area contributed by atoms with Gasteiger partial charge in [0.15, 0.2) is 46.5 Å². The standard InChI is InChI=1S/C18H4F10O/c19-9-7(10(20)14(24)17(27)13(9)23)4-1-5(3-6(29)2-4)8-11(21)15(25)18(28)16(26)12(8)22/h1-3,29H. The van der Waals surface area contributed by atoms with Gasteiger partial charge in [0.05, 0.1) is 11.1 Å². The summed E-state index contributed by atoms with van der Waals surface area (Å²) >= 11 is 0. The molecule has 0 aliphatic rings. The fourth-order valence-corrected chi connectivity index (χ4v) is 2.62. The maximum atomic E-state index is 14.0. The third kappa shape index (κ3) is 3.06. The van der Waals surface area contributed by atoms with Gasteiger partial charge in [-0.2, -0.15) is 0 Å². The Kier molecular flexibility index (Phi) is 4.93. The molecule has 0 fully saturated rings. The van der Waals surface area contributed by atoms with Gasteiger partial charge in [0.2, 0.25) is 11.6 Å². The van der Waals surface area contributed by atoms with E-state index in [2.05, 4.69) is 0 Å². The molecule has 1 N–H and O–H groups in total. The third-order valence-electron chi connectivity index (χ3n) is 3.91. The Morgan fingerprint density at radius 1 is 0.379 bits per heavy atom. The van der Waals surface area contributed by atoms with Gasteiger partial charge in [0, 0.05) is 0 Å². The predicted octanol–water partition coefficient (Wildman–Crippen LogP) is 6.12. The molecule has 0 aliphatic carbocycles. The van der Waals surface area contributed by atoms with E-state index in [1.165, 1.54) is 0 Å². The lowest BCUT2D eigenvalue weighted by molar-refractivity contribution is 0.381. The molecule has 11 heteroatoms. The fraction of sp³-hybridized carbons (Fsp3) is 0. The Hall–Kier alpha value is -3.24. The first-order valence-electron chi connectivity index (χ1n) is 7.35. The van der Waals surface area contributed by atoms with Gasteiger partial charge in [-0.1, -0.05) is 0 Å². The highest BCUT2D eigenvalue weighted by Gasteiger charge is 2.29. The average molecular weight is 426 g/mol. The Morgan fingerprint density at radius 2 is 0.621 bits per heavy atom. The minimum absolute atomic E-state index is 0.385. The summed E-state index contributed by atoms with van der Waals surface area (Å²) in [5.74, 6) is -24.7. The van der Waals surface area contributed by atoms with Crippen molar-refractivity contribution in [3.8, 4) is 28.0 Å². The number of phenolic OH excluding ortho intramolecular Hbond substituents is 1. The highest BCUT2D eigenvalue weighted by molar-refractivity contribution is 5.76. The van der Waals surface area contributed by atoms with E-state index in [9.17, 15) is 49.0 Å². The molecule has 0 saturated carbocycles. The van der Waals surface area contributed by atoms with Crippen molar-refractivity contribution in [3.05, 3.63) is 76.4 Å². The number of phenols is 1. The summed E-state index contributed by atoms with van der Waals surface area (Å²) in [7, 11) is 0. The molecule has 3 rings (SSSR count). The van der Waals surface area contributed by atoms with E-state index in [4.69, 9.17) is 0 Å². The van der Waals surface area contributed by atoms with Crippen LogP contribution in [0, 0.1) is 58.2 Å². The zero-order valence-corrected chi connectivity index (χ0v) is 13.5. The van der Waals surface area contributed by atoms with Crippen LogP contribution in [0.5, 0.6) is 5.75 Å². The van der Waals surface area contributed by atoms with Crippen LogP contribution in [0.1, 0.15) is 0 Å². The Bertz CT molecular complexity index is 1030. The largest absolute Gasteiger partial charge is 0.508 e. The second kappa shape index (κ2) is 6.98. The van der Waals surface area contributed by atoms with E-state index < -0.39 is 86.2 Å². The smallest absolute Gasteiger partial charge is 0.200 e. The van der Waals surface area contributed by atoms with Crippen LogP contribution >= 0.6 is 0 Å². The van der Waals surface area contributed by atoms with Crippen LogP contribution in [0.25, 0.3) is 22.3 Å². The van der Waals surface area contributed by atoms with Crippen LogP contribution in [-0.4, -0.2) is 5.11 Å². The van der Waals surface area contributed by atoms with E-state index in [1.807, 2.05) is 0 Å². The van der Waals surface area contributed by atoms with Gasteiger partial charge in [-0.3, -0.25) is 0 Å². The highest BCUT2D eigenvalue weighted by Crippen LogP contribution is 2.38. The van der Waals surface area contributed by atoms with E-state index >= 15 is 0 Å². The molecule has 0 heterocycles. The molecule has 0 bridgehead atoms. The van der Waals surface area contributed by atoms with E-state index in [-0.39, 0.29) is 0 Å². The second-order valence-corrected chi connectivity index (χ2v) is 5.66. The number of hydrogen-bond acceptors (Lipinski definition) is 1. The van der Waals surface area contributed by atoms with Crippen LogP contribution in [0.4, 0.5) is 43.9 Å². The summed E-state index contributed by atoms with van der Waals surface area (Å²) in [5, 5.41) is 9.65. The predicted molar refractivity (Wildman–Crippen MR) is 78.6 cm³/mol. The number of rotatable bonds is 2. The van der Waals surface area contributed by atoms with Gasteiger partial charge >= 0.3 is 0 Å². The molecule has 152 valence electrons. The maximum absolute atomic E-state index is 14.0. The van der Waals surface area contributed by atoms with Crippen LogP contribution in [0.3, 0.4) is 0 Å². The van der Waals surface area contributed by atoms with Gasteiger partial charge in [-0.25, -0.2) is 43.9 Å². The van der Waals surface area contributed by atoms with Crippen molar-refractivity contribution >= 4 is 0 Å². The molecule has 1 nitrogen and oxygen atoms in total. The number of hydrogen-bond donors (Lipinski definition) is 1. The molecule has 0 unspecified atom stereocenters. The van der Waals surface area contributed by atoms with E-state index in [1.54, 1.807) is 0 Å². The monoisotopic (exact) mass is 426 g/mol. The maximum Gasteiger partial charge on any atom is 0.200 e. The average Bonchev–Trinajstić information content (AvgIpc) is 2.67. The molecule has 3 aromatic carbocycles. The first-order valence-corrected chi connectivity index (χ1v) is 7.35. The number of halogens is 10. The summed E-state index contributed by atoms with van der Waals surface area (Å²) in [5.41, 5.74) is -5.11. The molecule has 0 radical (unpaired) electrons. The fourth-order valence-electron chi connectivity index (χ4n) is 2.62. The molecule has 0 aromatic heterocycles. The summed E-state index contributed by atoms with van der Waals surface area (Å²) in [6, 6.07) is 1.32. The lowest BCUT2D eigenvalue weighted by atomic mass is 9.96. The van der Waals surface area contributed by atoms with Crippen molar-refractivity contribution in [1.29, 1.82) is 0 Å². The normalized spacial score (nSPS) is 11.2. The van der Waals surface area contributed by atoms with Crippen molar-refractivity contribution in [2.45, 2.75) is 0 Å². The van der Waals surface area contributed by atoms with E-state index in [0.29, 0.717) is 18.2 Å². The lowest BCUT2D eigenvalue weighted by Crippen LogP contribution is -2.05. The van der Waals surface area contributed by atoms with Gasteiger partial charge in [0.1, 0.15) is 5.75 Å². The SMILES string of the molecule is Oc1cc(-c2c(F)c(F)c(F)c(F)c2F)cc(-c2c(F)c(F)c(F)c(F)c2F)c1. The summed E-state index contributed by atoms with van der Waals surface area (Å²) in [6.45, 7) is 0. The molecule has 0 aliphatic heterocycles. The van der Waals surface area contributed by atoms with Crippen LogP contribution in [-0.2, 0) is 0 Å². The van der Waals surface area contributed by atoms with Gasteiger partial charge in [-0.15, -0.1) is 0 Å². The summed E-state index contributed by atoms with van der Waals surface area (Å²) in [4.78, 5) is 0. The minimum atomic E-state index is -2.48. The minimum Gasteiger partial charge on any atom is -0.508 e. The topological polar surface area (TPSA) is 20.2 Å². The van der Waals surface area contributed by atoms with E-state index in [0.717, 1.165) is 0 Å². The van der Waals surface area contributed by atoms with Crippen molar-refractivity contribution in [3.63, 3.8) is 0 Å². The molecule has 0 amide bonds. The zero-order valence-electron chi connectivity index (χ0n) is 13.5. The van der Waals surface area contributed by atoms with Crippen molar-refractivity contribution in [2.75, 3.05) is 0 Å². The van der Waals surface area contributed by atoms with Crippen molar-refractivity contribution < 1.29 is 49.0 Å². The Labute approximate surface area is 154 Å². The Balaban J connectivity index is 2.37. The Morgan fingerprint density at radius 3 is 0.897 bits per heavy atom. The molecule has 0 spiro atoms. The second-order valence-electron chi connectivity index (χ2n) is 5.66. The number of benzene rings is 3. The quantitative estimate of drug-likeness (QED) is 0.298. The lowest BCUT2D eigenvalue weighted by Gasteiger charge is -2.13. The van der Waals surface area contributed by atoms with Crippen LogP contribution in [0.15, 0.2) is 18.2 Å². The number of aromatic hydroxyl groups is 1. The van der Waals surface area contributed by atoms with Gasteiger partial charge in [0.25, 0.3) is 0 Å². The molecular weight excluding hydrogens is 422 g/mol. The zero-order chi connectivity index (χ0) is 21.8. The molecule has 0 atom stereocenters. The molecule has 3 aromatic rings. The molecular formula is C18H4F10O.